The van der Waals surface area contributed by atoms with Crippen LogP contribution in [0.25, 0.3) is 0 Å². The molecule has 0 aromatic heterocycles. The molecule has 0 aliphatic carbocycles. The Morgan fingerprint density at radius 1 is 1.32 bits per heavy atom. The van der Waals surface area contributed by atoms with E-state index in [-0.39, 0.29) is 17.7 Å². The van der Waals surface area contributed by atoms with Crippen molar-refractivity contribution >= 4 is 29.1 Å². The molecule has 2 atom stereocenters. The highest BCUT2D eigenvalue weighted by Crippen LogP contribution is 2.33. The maximum atomic E-state index is 12.0. The topological polar surface area (TPSA) is 61.4 Å². The third-order valence-corrected chi connectivity index (χ3v) is 4.66. The predicted molar refractivity (Wildman–Crippen MR) is 86.3 cm³/mol. The summed E-state index contributed by atoms with van der Waals surface area (Å²) in [5.74, 6) is -0.785. The van der Waals surface area contributed by atoms with Gasteiger partial charge in [-0.1, -0.05) is 17.7 Å². The number of nitrogens with zero attached hydrogens (tertiary/aromatic N) is 1. The van der Waals surface area contributed by atoms with E-state index < -0.39 is 0 Å². The average Bonchev–Trinajstić information content (AvgIpc) is 2.48. The molecule has 3 rings (SSSR count). The minimum absolute atomic E-state index is 0.205. The van der Waals surface area contributed by atoms with Gasteiger partial charge in [-0.05, 0) is 31.0 Å². The fraction of sp³-hybridized carbons (Fsp3) is 0.500. The lowest BCUT2D eigenvalue weighted by atomic mass is 9.90. The van der Waals surface area contributed by atoms with Crippen LogP contribution in [0.2, 0.25) is 5.02 Å². The number of piperazine rings is 1. The van der Waals surface area contributed by atoms with Crippen LogP contribution < -0.4 is 15.5 Å². The molecule has 2 fully saturated rings. The van der Waals surface area contributed by atoms with Crippen LogP contribution in [0.4, 0.5) is 5.69 Å². The van der Waals surface area contributed by atoms with Crippen molar-refractivity contribution in [3.8, 4) is 0 Å². The normalized spacial score (nSPS) is 26.0. The molecule has 2 aliphatic heterocycles. The molecule has 5 nitrogen and oxygen atoms in total. The van der Waals surface area contributed by atoms with Gasteiger partial charge >= 0.3 is 0 Å². The first kappa shape index (κ1) is 15.3. The summed E-state index contributed by atoms with van der Waals surface area (Å²) in [6.45, 7) is 4.99. The fourth-order valence-electron chi connectivity index (χ4n) is 3.15. The highest BCUT2D eigenvalue weighted by atomic mass is 35.5. The molecule has 0 bridgehead atoms. The van der Waals surface area contributed by atoms with Gasteiger partial charge in [0, 0.05) is 42.8 Å². The van der Waals surface area contributed by atoms with E-state index in [1.807, 2.05) is 18.2 Å². The zero-order valence-electron chi connectivity index (χ0n) is 12.6. The van der Waals surface area contributed by atoms with Crippen molar-refractivity contribution in [2.24, 2.45) is 0 Å². The minimum atomic E-state index is -0.332. The third-order valence-electron chi connectivity index (χ3n) is 4.33. The maximum absolute atomic E-state index is 12.0. The van der Waals surface area contributed by atoms with Gasteiger partial charge in [0.05, 0.1) is 5.92 Å². The van der Waals surface area contributed by atoms with E-state index in [9.17, 15) is 9.59 Å². The molecule has 0 spiro atoms. The van der Waals surface area contributed by atoms with Crippen molar-refractivity contribution in [3.05, 3.63) is 28.8 Å². The van der Waals surface area contributed by atoms with Crippen molar-refractivity contribution in [2.75, 3.05) is 24.5 Å². The smallest absolute Gasteiger partial charge is 0.234 e. The number of rotatable bonds is 2. The minimum Gasteiger partial charge on any atom is -0.369 e. The first-order chi connectivity index (χ1) is 10.5. The van der Waals surface area contributed by atoms with E-state index in [1.54, 1.807) is 0 Å². The number of halogens is 1. The summed E-state index contributed by atoms with van der Waals surface area (Å²) in [5.41, 5.74) is 1.88. The quantitative estimate of drug-likeness (QED) is 0.813. The summed E-state index contributed by atoms with van der Waals surface area (Å²) >= 11 is 6.41. The van der Waals surface area contributed by atoms with Crippen molar-refractivity contribution in [3.63, 3.8) is 0 Å². The molecule has 2 amide bonds. The van der Waals surface area contributed by atoms with Crippen molar-refractivity contribution in [1.29, 1.82) is 0 Å². The highest BCUT2D eigenvalue weighted by Gasteiger charge is 2.29. The zero-order valence-corrected chi connectivity index (χ0v) is 13.3. The Morgan fingerprint density at radius 2 is 2.14 bits per heavy atom. The van der Waals surface area contributed by atoms with E-state index in [0.717, 1.165) is 30.9 Å². The molecule has 1 aromatic rings. The molecule has 22 heavy (non-hydrogen) atoms. The molecule has 2 saturated heterocycles. The number of hydrogen-bond acceptors (Lipinski definition) is 4. The van der Waals surface area contributed by atoms with Crippen LogP contribution in [0.5, 0.6) is 0 Å². The summed E-state index contributed by atoms with van der Waals surface area (Å²) in [5, 5.41) is 6.39. The molecule has 2 N–H and O–H groups in total. The van der Waals surface area contributed by atoms with Gasteiger partial charge in [0.15, 0.2) is 0 Å². The molecule has 6 heteroatoms. The van der Waals surface area contributed by atoms with Gasteiger partial charge in [-0.3, -0.25) is 14.9 Å². The number of anilines is 1. The second kappa shape index (κ2) is 6.26. The Balaban J connectivity index is 1.80. The Kier molecular flexibility index (Phi) is 4.36. The van der Waals surface area contributed by atoms with Crippen LogP contribution in [-0.4, -0.2) is 37.5 Å². The van der Waals surface area contributed by atoms with E-state index in [0.29, 0.717) is 23.9 Å². The van der Waals surface area contributed by atoms with Crippen LogP contribution in [0.1, 0.15) is 31.2 Å². The number of carbonyl (C=O) groups is 2. The average molecular weight is 322 g/mol. The van der Waals surface area contributed by atoms with Crippen LogP contribution in [0.3, 0.4) is 0 Å². The lowest BCUT2D eigenvalue weighted by molar-refractivity contribution is -0.134. The third kappa shape index (κ3) is 3.10. The highest BCUT2D eigenvalue weighted by molar-refractivity contribution is 6.32. The summed E-state index contributed by atoms with van der Waals surface area (Å²) in [6.07, 6.45) is 0.887. The van der Waals surface area contributed by atoms with E-state index >= 15 is 0 Å². The van der Waals surface area contributed by atoms with E-state index in [4.69, 9.17) is 11.6 Å². The van der Waals surface area contributed by atoms with Gasteiger partial charge in [0.2, 0.25) is 11.8 Å². The van der Waals surface area contributed by atoms with Crippen LogP contribution in [0.15, 0.2) is 18.2 Å². The largest absolute Gasteiger partial charge is 0.369 e. The monoisotopic (exact) mass is 321 g/mol. The second-order valence-electron chi connectivity index (χ2n) is 6.01. The zero-order chi connectivity index (χ0) is 15.7. The number of piperidine rings is 1. The van der Waals surface area contributed by atoms with Crippen molar-refractivity contribution in [1.82, 2.24) is 10.6 Å². The first-order valence-corrected chi connectivity index (χ1v) is 8.04. The molecule has 118 valence electrons. The summed E-state index contributed by atoms with van der Waals surface area (Å²) in [6, 6.07) is 6.31. The lowest BCUT2D eigenvalue weighted by Gasteiger charge is -2.34. The fourth-order valence-corrected chi connectivity index (χ4v) is 3.46. The van der Waals surface area contributed by atoms with Gasteiger partial charge < -0.3 is 10.2 Å². The molecular formula is C16H20ClN3O2. The standard InChI is InChI=1S/C16H20ClN3O2/c1-10-9-20(7-6-18-10)11-2-3-12(14(17)8-11)13-4-5-15(21)19-16(13)22/h2-3,8,10,13,18H,4-7,9H2,1H3,(H,19,21,22)/t10-,13?/m0/s1. The van der Waals surface area contributed by atoms with Gasteiger partial charge in [0.1, 0.15) is 0 Å². The molecular weight excluding hydrogens is 302 g/mol. The Bertz CT molecular complexity index is 605. The molecule has 1 unspecified atom stereocenters. The summed E-state index contributed by atoms with van der Waals surface area (Å²) in [4.78, 5) is 25.5. The number of hydrogen-bond donors (Lipinski definition) is 2. The Labute approximate surface area is 135 Å². The number of amides is 2. The summed E-state index contributed by atoms with van der Waals surface area (Å²) in [7, 11) is 0. The van der Waals surface area contributed by atoms with Crippen LogP contribution in [0, 0.1) is 0 Å². The van der Waals surface area contributed by atoms with Gasteiger partial charge in [0.25, 0.3) is 0 Å². The second-order valence-corrected chi connectivity index (χ2v) is 6.42. The maximum Gasteiger partial charge on any atom is 0.234 e. The Hall–Kier alpha value is -1.59. The van der Waals surface area contributed by atoms with Crippen molar-refractivity contribution < 1.29 is 9.59 Å². The number of imide groups is 1. The predicted octanol–water partition coefficient (Wildman–Crippen LogP) is 1.66. The van der Waals surface area contributed by atoms with Crippen molar-refractivity contribution in [2.45, 2.75) is 31.7 Å². The lowest BCUT2D eigenvalue weighted by Crippen LogP contribution is -2.49. The Morgan fingerprint density at radius 3 is 2.82 bits per heavy atom. The van der Waals surface area contributed by atoms with Gasteiger partial charge in [-0.2, -0.15) is 0 Å². The first-order valence-electron chi connectivity index (χ1n) is 7.66. The molecule has 2 heterocycles. The molecule has 0 radical (unpaired) electrons. The van der Waals surface area contributed by atoms with E-state index in [1.165, 1.54) is 0 Å². The van der Waals surface area contributed by atoms with Gasteiger partial charge in [-0.15, -0.1) is 0 Å². The SMILES string of the molecule is C[C@H]1CN(c2ccc(C3CCC(=O)NC3=O)c(Cl)c2)CCN1. The molecule has 2 aliphatic rings. The summed E-state index contributed by atoms with van der Waals surface area (Å²) < 4.78 is 0. The molecule has 0 saturated carbocycles. The number of benzene rings is 1. The number of nitrogens with one attached hydrogen (secondary N) is 2. The number of carbonyl (C=O) groups excluding carboxylic acids is 2. The van der Waals surface area contributed by atoms with Crippen LogP contribution >= 0.6 is 11.6 Å². The van der Waals surface area contributed by atoms with Gasteiger partial charge in [-0.25, -0.2) is 0 Å². The molecule has 1 aromatic carbocycles. The van der Waals surface area contributed by atoms with E-state index in [2.05, 4.69) is 22.5 Å². The van der Waals surface area contributed by atoms with Crippen LogP contribution in [-0.2, 0) is 9.59 Å².